The fourth-order valence-electron chi connectivity index (χ4n) is 2.21. The van der Waals surface area contributed by atoms with Gasteiger partial charge in [-0.1, -0.05) is 23.2 Å². The third-order valence-electron chi connectivity index (χ3n) is 3.23. The number of amidine groups is 1. The van der Waals surface area contributed by atoms with Gasteiger partial charge in [0.25, 0.3) is 0 Å². The summed E-state index contributed by atoms with van der Waals surface area (Å²) in [6, 6.07) is 5.36. The van der Waals surface area contributed by atoms with E-state index in [0.29, 0.717) is 33.7 Å². The largest absolute Gasteiger partial charge is 0.387 e. The van der Waals surface area contributed by atoms with E-state index in [0.717, 1.165) is 5.69 Å². The molecule has 1 aromatic carbocycles. The van der Waals surface area contributed by atoms with Gasteiger partial charge in [-0.15, -0.1) is 0 Å². The number of aliphatic imine (C=N–C) groups is 1. The average molecular weight is 308 g/mol. The standard InChI is InChI=1S/C14H11Cl2N3O/c15-10-2-1-8(5-11(10)16)19-4-3-12-9(7-19)13(20)6-14(17)18-12/h1-5H,6-7H2,(H2,17,18). The number of allylic oxidation sites excluding steroid dienone is 1. The maximum atomic E-state index is 12.0. The molecule has 20 heavy (non-hydrogen) atoms. The SMILES string of the molecule is NC1=NC2=C(CN(c3ccc(Cl)c(Cl)c3)C=C2)C(=O)C1. The molecule has 0 aliphatic carbocycles. The van der Waals surface area contributed by atoms with Gasteiger partial charge in [-0.25, -0.2) is 4.99 Å². The van der Waals surface area contributed by atoms with Crippen LogP contribution in [0.3, 0.4) is 0 Å². The van der Waals surface area contributed by atoms with Crippen molar-refractivity contribution >= 4 is 40.5 Å². The van der Waals surface area contributed by atoms with Gasteiger partial charge in [-0.2, -0.15) is 0 Å². The molecule has 4 nitrogen and oxygen atoms in total. The molecule has 0 fully saturated rings. The molecule has 2 N–H and O–H groups in total. The summed E-state index contributed by atoms with van der Waals surface area (Å²) in [7, 11) is 0. The maximum Gasteiger partial charge on any atom is 0.170 e. The molecule has 0 atom stereocenters. The minimum atomic E-state index is 0.0157. The third-order valence-corrected chi connectivity index (χ3v) is 3.97. The number of ketones is 1. The number of Topliss-reactive ketones (excluding diaryl/α,β-unsaturated/α-hetero) is 1. The molecule has 0 aromatic heterocycles. The van der Waals surface area contributed by atoms with Crippen LogP contribution in [0.5, 0.6) is 0 Å². The lowest BCUT2D eigenvalue weighted by molar-refractivity contribution is -0.114. The average Bonchev–Trinajstić information content (AvgIpc) is 2.41. The van der Waals surface area contributed by atoms with Gasteiger partial charge in [0, 0.05) is 17.5 Å². The molecular weight excluding hydrogens is 297 g/mol. The lowest BCUT2D eigenvalue weighted by atomic mass is 10.00. The molecule has 0 radical (unpaired) electrons. The first-order valence-electron chi connectivity index (χ1n) is 6.04. The lowest BCUT2D eigenvalue weighted by Gasteiger charge is -2.27. The summed E-state index contributed by atoms with van der Waals surface area (Å²) >= 11 is 11.9. The van der Waals surface area contributed by atoms with E-state index in [1.807, 2.05) is 17.2 Å². The van der Waals surface area contributed by atoms with Crippen LogP contribution < -0.4 is 10.6 Å². The minimum Gasteiger partial charge on any atom is -0.387 e. The van der Waals surface area contributed by atoms with Gasteiger partial charge >= 0.3 is 0 Å². The summed E-state index contributed by atoms with van der Waals surface area (Å²) in [4.78, 5) is 18.1. The smallest absolute Gasteiger partial charge is 0.170 e. The van der Waals surface area contributed by atoms with E-state index in [1.165, 1.54) is 0 Å². The van der Waals surface area contributed by atoms with Crippen LogP contribution in [-0.4, -0.2) is 18.2 Å². The second kappa shape index (κ2) is 4.96. The molecule has 0 saturated heterocycles. The van der Waals surface area contributed by atoms with Crippen molar-refractivity contribution in [3.8, 4) is 0 Å². The van der Waals surface area contributed by atoms with Gasteiger partial charge in [-0.3, -0.25) is 4.79 Å². The number of carbonyl (C=O) groups is 1. The molecule has 6 heteroatoms. The van der Waals surface area contributed by atoms with Crippen molar-refractivity contribution in [3.63, 3.8) is 0 Å². The van der Waals surface area contributed by atoms with Crippen LogP contribution in [0.4, 0.5) is 5.69 Å². The van der Waals surface area contributed by atoms with Crippen molar-refractivity contribution < 1.29 is 4.79 Å². The molecule has 2 aliphatic heterocycles. The molecule has 3 rings (SSSR count). The first-order valence-corrected chi connectivity index (χ1v) is 6.79. The monoisotopic (exact) mass is 307 g/mol. The van der Waals surface area contributed by atoms with Crippen LogP contribution in [0, 0.1) is 0 Å². The Kier molecular flexibility index (Phi) is 3.28. The van der Waals surface area contributed by atoms with Crippen molar-refractivity contribution in [3.05, 3.63) is 51.8 Å². The molecule has 1 aromatic rings. The third kappa shape index (κ3) is 2.32. The molecule has 0 saturated carbocycles. The first-order chi connectivity index (χ1) is 9.54. The second-order valence-electron chi connectivity index (χ2n) is 4.61. The first kappa shape index (κ1) is 13.2. The highest BCUT2D eigenvalue weighted by Crippen LogP contribution is 2.30. The number of rotatable bonds is 1. The van der Waals surface area contributed by atoms with Crippen LogP contribution in [0.15, 0.2) is 46.7 Å². The summed E-state index contributed by atoms with van der Waals surface area (Å²) < 4.78 is 0. The molecular formula is C14H11Cl2N3O. The zero-order valence-corrected chi connectivity index (χ0v) is 11.9. The number of halogens is 2. The number of hydrogen-bond acceptors (Lipinski definition) is 4. The summed E-state index contributed by atoms with van der Waals surface area (Å²) in [5.41, 5.74) is 7.82. The molecule has 2 heterocycles. The topological polar surface area (TPSA) is 58.7 Å². The highest BCUT2D eigenvalue weighted by atomic mass is 35.5. The van der Waals surface area contributed by atoms with E-state index in [1.54, 1.807) is 18.2 Å². The zero-order valence-electron chi connectivity index (χ0n) is 10.4. The van der Waals surface area contributed by atoms with Gasteiger partial charge in [0.15, 0.2) is 5.78 Å². The van der Waals surface area contributed by atoms with E-state index in [9.17, 15) is 4.79 Å². The quantitative estimate of drug-likeness (QED) is 0.868. The van der Waals surface area contributed by atoms with Gasteiger partial charge in [0.1, 0.15) is 5.84 Å². The van der Waals surface area contributed by atoms with Crippen LogP contribution >= 0.6 is 23.2 Å². The maximum absolute atomic E-state index is 12.0. The zero-order chi connectivity index (χ0) is 14.3. The predicted molar refractivity (Wildman–Crippen MR) is 81.2 cm³/mol. The van der Waals surface area contributed by atoms with Gasteiger partial charge in [0.2, 0.25) is 0 Å². The van der Waals surface area contributed by atoms with Crippen molar-refractivity contribution in [2.75, 3.05) is 11.4 Å². The van der Waals surface area contributed by atoms with Crippen molar-refractivity contribution in [1.82, 2.24) is 0 Å². The minimum absolute atomic E-state index is 0.0157. The summed E-state index contributed by atoms with van der Waals surface area (Å²) in [5.74, 6) is 0.378. The highest BCUT2D eigenvalue weighted by molar-refractivity contribution is 6.42. The summed E-state index contributed by atoms with van der Waals surface area (Å²) in [6.07, 6.45) is 3.82. The highest BCUT2D eigenvalue weighted by Gasteiger charge is 2.25. The van der Waals surface area contributed by atoms with E-state index < -0.39 is 0 Å². The van der Waals surface area contributed by atoms with E-state index in [-0.39, 0.29) is 12.2 Å². The number of nitrogens with zero attached hydrogens (tertiary/aromatic N) is 2. The number of nitrogens with two attached hydrogens (primary N) is 1. The predicted octanol–water partition coefficient (Wildman–Crippen LogP) is 2.91. The molecule has 0 spiro atoms. The normalized spacial score (nSPS) is 18.2. The van der Waals surface area contributed by atoms with Crippen molar-refractivity contribution in [2.24, 2.45) is 10.7 Å². The summed E-state index contributed by atoms with van der Waals surface area (Å²) in [5, 5.41) is 0.983. The van der Waals surface area contributed by atoms with Crippen molar-refractivity contribution in [1.29, 1.82) is 0 Å². The van der Waals surface area contributed by atoms with Crippen molar-refractivity contribution in [2.45, 2.75) is 6.42 Å². The second-order valence-corrected chi connectivity index (χ2v) is 5.42. The molecule has 2 aliphatic rings. The van der Waals surface area contributed by atoms with E-state index in [2.05, 4.69) is 4.99 Å². The van der Waals surface area contributed by atoms with Crippen LogP contribution in [-0.2, 0) is 4.79 Å². The molecule has 102 valence electrons. The molecule has 0 unspecified atom stereocenters. The Labute approximate surface area is 126 Å². The fraction of sp³-hybridized carbons (Fsp3) is 0.143. The van der Waals surface area contributed by atoms with E-state index in [4.69, 9.17) is 28.9 Å². The fourth-order valence-corrected chi connectivity index (χ4v) is 2.50. The molecule has 0 amide bonds. The number of carbonyl (C=O) groups excluding carboxylic acids is 1. The van der Waals surface area contributed by atoms with Crippen LogP contribution in [0.2, 0.25) is 10.0 Å². The Morgan fingerprint density at radius 1 is 1.25 bits per heavy atom. The van der Waals surface area contributed by atoms with E-state index >= 15 is 0 Å². The lowest BCUT2D eigenvalue weighted by Crippen LogP contribution is -2.31. The Morgan fingerprint density at radius 2 is 2.05 bits per heavy atom. The number of benzene rings is 1. The van der Waals surface area contributed by atoms with Crippen LogP contribution in [0.1, 0.15) is 6.42 Å². The summed E-state index contributed by atoms with van der Waals surface area (Å²) in [6.45, 7) is 0.458. The molecule has 0 bridgehead atoms. The van der Waals surface area contributed by atoms with Crippen LogP contribution in [0.25, 0.3) is 0 Å². The Balaban J connectivity index is 1.92. The Bertz CT molecular complexity index is 692. The Hall–Kier alpha value is -1.78. The van der Waals surface area contributed by atoms with Gasteiger partial charge < -0.3 is 10.6 Å². The number of hydrogen-bond donors (Lipinski definition) is 1. The number of anilines is 1. The van der Waals surface area contributed by atoms with Gasteiger partial charge in [0.05, 0.1) is 28.7 Å². The van der Waals surface area contributed by atoms with Gasteiger partial charge in [-0.05, 0) is 24.3 Å². The Morgan fingerprint density at radius 3 is 2.80 bits per heavy atom.